The molecule has 8 heteroatoms. The standard InChI is InChI=1S/C21H16F3N5/c1-21(2,17-8-4-6-14(26-17)15-11-19(23)29-28-15)16-7-3-5-13(25-16)12-9-10-18(22)27-20(12)24/h3-11H,1-2H3,(H,28,29). The van der Waals surface area contributed by atoms with Gasteiger partial charge in [-0.05, 0) is 50.2 Å². The van der Waals surface area contributed by atoms with Gasteiger partial charge in [-0.25, -0.2) is 0 Å². The van der Waals surface area contributed by atoms with Crippen molar-refractivity contribution in [1.82, 2.24) is 25.1 Å². The zero-order chi connectivity index (χ0) is 20.6. The number of aromatic nitrogens is 5. The molecule has 0 fully saturated rings. The van der Waals surface area contributed by atoms with E-state index in [0.717, 1.165) is 6.07 Å². The van der Waals surface area contributed by atoms with E-state index >= 15 is 0 Å². The average Bonchev–Trinajstić information content (AvgIpc) is 3.14. The second-order valence-corrected chi connectivity index (χ2v) is 7.01. The Morgan fingerprint density at radius 1 is 0.759 bits per heavy atom. The molecule has 0 amide bonds. The van der Waals surface area contributed by atoms with E-state index < -0.39 is 23.3 Å². The third-order valence-corrected chi connectivity index (χ3v) is 4.68. The largest absolute Gasteiger partial charge is 0.252 e. The summed E-state index contributed by atoms with van der Waals surface area (Å²) in [6, 6.07) is 14.2. The number of nitrogens with zero attached hydrogens (tertiary/aromatic N) is 4. The van der Waals surface area contributed by atoms with E-state index in [0.29, 0.717) is 28.5 Å². The molecule has 0 unspecified atom stereocenters. The molecule has 0 aliphatic heterocycles. The predicted octanol–water partition coefficient (Wildman–Crippen LogP) is 4.67. The summed E-state index contributed by atoms with van der Waals surface area (Å²) >= 11 is 0. The highest BCUT2D eigenvalue weighted by Crippen LogP contribution is 2.32. The highest BCUT2D eigenvalue weighted by atomic mass is 19.1. The molecule has 146 valence electrons. The molecule has 0 saturated heterocycles. The van der Waals surface area contributed by atoms with Crippen molar-refractivity contribution in [1.29, 1.82) is 0 Å². The fourth-order valence-corrected chi connectivity index (χ4v) is 3.02. The van der Waals surface area contributed by atoms with Crippen molar-refractivity contribution in [3.8, 4) is 22.6 Å². The van der Waals surface area contributed by atoms with Gasteiger partial charge in [0.2, 0.25) is 17.8 Å². The molecule has 29 heavy (non-hydrogen) atoms. The van der Waals surface area contributed by atoms with Gasteiger partial charge in [-0.2, -0.15) is 23.3 Å². The second kappa shape index (κ2) is 7.12. The van der Waals surface area contributed by atoms with Crippen LogP contribution in [0, 0.1) is 17.8 Å². The SMILES string of the molecule is CC(C)(c1cccc(-c2cc(F)[nH]n2)n1)c1cccc(-c2ccc(F)nc2F)n1. The molecule has 4 aromatic rings. The van der Waals surface area contributed by atoms with Crippen LogP contribution in [-0.2, 0) is 5.41 Å². The van der Waals surface area contributed by atoms with Crippen LogP contribution in [0.4, 0.5) is 13.2 Å². The predicted molar refractivity (Wildman–Crippen MR) is 101 cm³/mol. The highest BCUT2D eigenvalue weighted by molar-refractivity contribution is 5.59. The summed E-state index contributed by atoms with van der Waals surface area (Å²) in [7, 11) is 0. The van der Waals surface area contributed by atoms with E-state index in [4.69, 9.17) is 0 Å². The van der Waals surface area contributed by atoms with Gasteiger partial charge in [0.05, 0.1) is 28.3 Å². The Morgan fingerprint density at radius 2 is 1.41 bits per heavy atom. The Hall–Kier alpha value is -3.55. The van der Waals surface area contributed by atoms with Crippen LogP contribution in [0.25, 0.3) is 22.6 Å². The van der Waals surface area contributed by atoms with Crippen molar-refractivity contribution in [2.75, 3.05) is 0 Å². The first-order chi connectivity index (χ1) is 13.8. The van der Waals surface area contributed by atoms with Gasteiger partial charge in [-0.15, -0.1) is 0 Å². The van der Waals surface area contributed by atoms with Crippen LogP contribution in [-0.4, -0.2) is 25.1 Å². The summed E-state index contributed by atoms with van der Waals surface area (Å²) in [6.45, 7) is 3.85. The van der Waals surface area contributed by atoms with Crippen LogP contribution in [0.5, 0.6) is 0 Å². The summed E-state index contributed by atoms with van der Waals surface area (Å²) in [5, 5.41) is 6.15. The van der Waals surface area contributed by atoms with Crippen LogP contribution in [0.3, 0.4) is 0 Å². The van der Waals surface area contributed by atoms with Crippen molar-refractivity contribution in [3.05, 3.63) is 83.8 Å². The first kappa shape index (κ1) is 18.8. The Bertz CT molecular complexity index is 1190. The third-order valence-electron chi connectivity index (χ3n) is 4.68. The summed E-state index contributed by atoms with van der Waals surface area (Å²) in [5.41, 5.74) is 2.02. The molecule has 0 spiro atoms. The normalized spacial score (nSPS) is 11.6. The van der Waals surface area contributed by atoms with Crippen molar-refractivity contribution < 1.29 is 13.2 Å². The molecule has 0 aromatic carbocycles. The van der Waals surface area contributed by atoms with Gasteiger partial charge in [0.25, 0.3) is 0 Å². The zero-order valence-corrected chi connectivity index (χ0v) is 15.6. The van der Waals surface area contributed by atoms with Gasteiger partial charge in [0.1, 0.15) is 5.69 Å². The minimum atomic E-state index is -0.923. The van der Waals surface area contributed by atoms with E-state index in [2.05, 4.69) is 25.1 Å². The molecule has 0 aliphatic carbocycles. The van der Waals surface area contributed by atoms with Crippen molar-refractivity contribution >= 4 is 0 Å². The van der Waals surface area contributed by atoms with Gasteiger partial charge in [0, 0.05) is 11.5 Å². The molecular formula is C21H16F3N5. The van der Waals surface area contributed by atoms with Gasteiger partial charge in [-0.3, -0.25) is 15.1 Å². The van der Waals surface area contributed by atoms with Crippen molar-refractivity contribution in [3.63, 3.8) is 0 Å². The minimum absolute atomic E-state index is 0.109. The highest BCUT2D eigenvalue weighted by Gasteiger charge is 2.27. The summed E-state index contributed by atoms with van der Waals surface area (Å²) in [5.74, 6) is -2.36. The Kier molecular flexibility index (Phi) is 4.62. The lowest BCUT2D eigenvalue weighted by Gasteiger charge is -2.24. The van der Waals surface area contributed by atoms with E-state index in [1.165, 1.54) is 12.1 Å². The number of pyridine rings is 3. The van der Waals surface area contributed by atoms with Gasteiger partial charge < -0.3 is 0 Å². The number of hydrogen-bond acceptors (Lipinski definition) is 4. The first-order valence-corrected chi connectivity index (χ1v) is 8.83. The number of halogens is 3. The van der Waals surface area contributed by atoms with E-state index in [9.17, 15) is 13.2 Å². The van der Waals surface area contributed by atoms with Crippen LogP contribution in [0.15, 0.2) is 54.6 Å². The Morgan fingerprint density at radius 3 is 2.03 bits per heavy atom. The molecule has 4 aromatic heterocycles. The number of aromatic amines is 1. The molecule has 1 N–H and O–H groups in total. The Labute approximate surface area is 164 Å². The monoisotopic (exact) mass is 395 g/mol. The first-order valence-electron chi connectivity index (χ1n) is 8.83. The van der Waals surface area contributed by atoms with Gasteiger partial charge in [-0.1, -0.05) is 12.1 Å². The lowest BCUT2D eigenvalue weighted by atomic mass is 9.84. The fourth-order valence-electron chi connectivity index (χ4n) is 3.02. The number of H-pyrrole nitrogens is 1. The fraction of sp³-hybridized carbons (Fsp3) is 0.143. The van der Waals surface area contributed by atoms with Crippen molar-refractivity contribution in [2.45, 2.75) is 19.3 Å². The van der Waals surface area contributed by atoms with Gasteiger partial charge in [0.15, 0.2) is 0 Å². The number of nitrogens with one attached hydrogen (secondary N) is 1. The van der Waals surface area contributed by atoms with Gasteiger partial charge >= 0.3 is 0 Å². The molecule has 0 bridgehead atoms. The molecule has 4 rings (SSSR count). The average molecular weight is 395 g/mol. The molecule has 5 nitrogen and oxygen atoms in total. The van der Waals surface area contributed by atoms with Crippen LogP contribution in [0.2, 0.25) is 0 Å². The molecule has 4 heterocycles. The summed E-state index contributed by atoms with van der Waals surface area (Å²) in [6.07, 6.45) is 0. The van der Waals surface area contributed by atoms with Crippen LogP contribution >= 0.6 is 0 Å². The van der Waals surface area contributed by atoms with Crippen LogP contribution < -0.4 is 0 Å². The maximum atomic E-state index is 14.1. The number of hydrogen-bond donors (Lipinski definition) is 1. The molecule has 0 radical (unpaired) electrons. The maximum Gasteiger partial charge on any atom is 0.224 e. The van der Waals surface area contributed by atoms with E-state index in [1.54, 1.807) is 30.3 Å². The Balaban J connectivity index is 1.74. The van der Waals surface area contributed by atoms with Crippen LogP contribution in [0.1, 0.15) is 25.2 Å². The zero-order valence-electron chi connectivity index (χ0n) is 15.6. The van der Waals surface area contributed by atoms with Crippen molar-refractivity contribution in [2.24, 2.45) is 0 Å². The summed E-state index contributed by atoms with van der Waals surface area (Å²) in [4.78, 5) is 12.4. The van der Waals surface area contributed by atoms with E-state index in [-0.39, 0.29) is 5.56 Å². The third kappa shape index (κ3) is 3.61. The molecular weight excluding hydrogens is 379 g/mol. The second-order valence-electron chi connectivity index (χ2n) is 7.01. The molecule has 0 atom stereocenters. The molecule has 0 aliphatic rings. The minimum Gasteiger partial charge on any atom is -0.252 e. The molecule has 0 saturated carbocycles. The lowest BCUT2D eigenvalue weighted by molar-refractivity contribution is 0.514. The maximum absolute atomic E-state index is 14.1. The summed E-state index contributed by atoms with van der Waals surface area (Å²) < 4.78 is 40.5. The quantitative estimate of drug-likeness (QED) is 0.510. The smallest absolute Gasteiger partial charge is 0.224 e. The van der Waals surface area contributed by atoms with E-state index in [1.807, 2.05) is 19.9 Å². The topological polar surface area (TPSA) is 67.3 Å². The lowest BCUT2D eigenvalue weighted by Crippen LogP contribution is -2.22. The number of rotatable bonds is 4.